The topological polar surface area (TPSA) is 82.9 Å². The number of aromatic nitrogens is 1. The molecule has 2 aromatic rings. The van der Waals surface area contributed by atoms with Crippen molar-refractivity contribution in [2.45, 2.75) is 33.6 Å². The third kappa shape index (κ3) is 4.37. The summed E-state index contributed by atoms with van der Waals surface area (Å²) in [5, 5.41) is 13.7. The number of benzene rings is 1. The number of carbonyl (C=O) groups excluding carboxylic acids is 2. The summed E-state index contributed by atoms with van der Waals surface area (Å²) in [6.07, 6.45) is 3.33. The zero-order valence-electron chi connectivity index (χ0n) is 17.4. The first-order valence-electron chi connectivity index (χ1n) is 9.59. The molecule has 0 saturated carbocycles. The van der Waals surface area contributed by atoms with Gasteiger partial charge in [0.05, 0.1) is 28.3 Å². The molecule has 3 rings (SSSR count). The van der Waals surface area contributed by atoms with Crippen molar-refractivity contribution in [1.82, 2.24) is 10.3 Å². The maximum atomic E-state index is 12.7. The van der Waals surface area contributed by atoms with Gasteiger partial charge >= 0.3 is 0 Å². The summed E-state index contributed by atoms with van der Waals surface area (Å²) in [6.45, 7) is 7.31. The van der Waals surface area contributed by atoms with E-state index in [2.05, 4.69) is 16.4 Å². The van der Waals surface area contributed by atoms with Gasteiger partial charge in [0.2, 0.25) is 0 Å². The lowest BCUT2D eigenvalue weighted by molar-refractivity contribution is -0.113. The molecule has 30 heavy (non-hydrogen) atoms. The Morgan fingerprint density at radius 1 is 1.20 bits per heavy atom. The Labute approximate surface area is 180 Å². The van der Waals surface area contributed by atoms with Crippen molar-refractivity contribution in [2.24, 2.45) is 0 Å². The average molecular weight is 418 g/mol. The van der Waals surface area contributed by atoms with Gasteiger partial charge in [0.1, 0.15) is 0 Å². The Kier molecular flexibility index (Phi) is 6.53. The molecule has 2 heterocycles. The maximum absolute atomic E-state index is 12.7. The molecule has 0 fully saturated rings. The number of rotatable bonds is 6. The number of allylic oxidation sites excluding steroid dienone is 3. The fourth-order valence-corrected chi connectivity index (χ4v) is 4.50. The minimum atomic E-state index is -0.498. The Morgan fingerprint density at radius 2 is 1.97 bits per heavy atom. The largest absolute Gasteiger partial charge is 0.353 e. The number of pyridine rings is 1. The lowest BCUT2D eigenvalue weighted by Crippen LogP contribution is -2.27. The molecule has 1 atom stereocenters. The molecular formula is C24H23N3O2S. The van der Waals surface area contributed by atoms with Gasteiger partial charge in [-0.25, -0.2) is 0 Å². The zero-order valence-corrected chi connectivity index (χ0v) is 18.3. The van der Waals surface area contributed by atoms with Crippen LogP contribution < -0.4 is 5.32 Å². The number of nitriles is 1. The van der Waals surface area contributed by atoms with Crippen molar-refractivity contribution >= 4 is 23.3 Å². The van der Waals surface area contributed by atoms with E-state index in [9.17, 15) is 14.9 Å². The number of aryl methyl sites for hydroxylation is 2. The summed E-state index contributed by atoms with van der Waals surface area (Å²) < 4.78 is 0. The van der Waals surface area contributed by atoms with Crippen LogP contribution in [0, 0.1) is 25.2 Å². The van der Waals surface area contributed by atoms with Crippen LogP contribution in [0.5, 0.6) is 0 Å². The van der Waals surface area contributed by atoms with Gasteiger partial charge in [-0.3, -0.25) is 14.6 Å². The van der Waals surface area contributed by atoms with Gasteiger partial charge < -0.3 is 5.32 Å². The third-order valence-electron chi connectivity index (χ3n) is 5.22. The summed E-state index contributed by atoms with van der Waals surface area (Å²) in [5.41, 5.74) is 5.30. The molecule has 0 saturated heterocycles. The molecule has 0 spiro atoms. The van der Waals surface area contributed by atoms with E-state index in [4.69, 9.17) is 0 Å². The molecule has 1 aromatic heterocycles. The fraction of sp³-hybridized carbons (Fsp3) is 0.250. The lowest BCUT2D eigenvalue weighted by Gasteiger charge is -2.29. The summed E-state index contributed by atoms with van der Waals surface area (Å²) >= 11 is 1.29. The van der Waals surface area contributed by atoms with Crippen molar-refractivity contribution in [3.63, 3.8) is 0 Å². The number of ketones is 2. The molecule has 6 heteroatoms. The molecule has 0 radical (unpaired) electrons. The highest BCUT2D eigenvalue weighted by atomic mass is 32.2. The zero-order chi connectivity index (χ0) is 21.8. The van der Waals surface area contributed by atoms with Crippen molar-refractivity contribution < 1.29 is 9.59 Å². The number of nitrogens with zero attached hydrogens (tertiary/aromatic N) is 2. The van der Waals surface area contributed by atoms with Crippen LogP contribution in [-0.2, 0) is 4.79 Å². The molecule has 1 aliphatic heterocycles. The van der Waals surface area contributed by atoms with Crippen LogP contribution in [0.25, 0.3) is 0 Å². The van der Waals surface area contributed by atoms with Crippen molar-refractivity contribution in [2.75, 3.05) is 5.75 Å². The van der Waals surface area contributed by atoms with Crippen molar-refractivity contribution in [3.05, 3.63) is 86.9 Å². The summed E-state index contributed by atoms with van der Waals surface area (Å²) in [5.74, 6) is -0.413. The van der Waals surface area contributed by atoms with E-state index < -0.39 is 5.92 Å². The van der Waals surface area contributed by atoms with E-state index in [1.54, 1.807) is 18.5 Å². The minimum absolute atomic E-state index is 0.00776. The van der Waals surface area contributed by atoms with Gasteiger partial charge in [-0.2, -0.15) is 5.26 Å². The smallest absolute Gasteiger partial charge is 0.173 e. The van der Waals surface area contributed by atoms with Gasteiger partial charge in [-0.1, -0.05) is 30.0 Å². The van der Waals surface area contributed by atoms with Crippen molar-refractivity contribution in [3.8, 4) is 6.07 Å². The van der Waals surface area contributed by atoms with Gasteiger partial charge in [0.15, 0.2) is 11.6 Å². The predicted molar refractivity (Wildman–Crippen MR) is 119 cm³/mol. The Hall–Kier alpha value is -3.17. The quantitative estimate of drug-likeness (QED) is 0.692. The molecule has 5 nitrogen and oxygen atoms in total. The van der Waals surface area contributed by atoms with Crippen LogP contribution >= 0.6 is 11.8 Å². The first-order chi connectivity index (χ1) is 14.3. The number of hydrogen-bond acceptors (Lipinski definition) is 6. The average Bonchev–Trinajstić information content (AvgIpc) is 2.73. The third-order valence-corrected chi connectivity index (χ3v) is 6.24. The number of thioether (sulfide) groups is 1. The summed E-state index contributed by atoms with van der Waals surface area (Å²) in [4.78, 5) is 29.2. The highest BCUT2D eigenvalue weighted by molar-refractivity contribution is 8.03. The van der Waals surface area contributed by atoms with Gasteiger partial charge in [0, 0.05) is 29.2 Å². The van der Waals surface area contributed by atoms with E-state index >= 15 is 0 Å². The SMILES string of the molecule is CC(=O)C1=C(C)NC(SCC(=O)c2ccc(C)c(C)c2)=C(C#N)[C@@H]1c1cccnc1. The normalized spacial score (nSPS) is 16.2. The molecule has 0 unspecified atom stereocenters. The van der Waals surface area contributed by atoms with Gasteiger partial charge in [-0.05, 0) is 56.5 Å². The molecule has 0 aliphatic carbocycles. The van der Waals surface area contributed by atoms with Gasteiger partial charge in [-0.15, -0.1) is 0 Å². The van der Waals surface area contributed by atoms with Crippen LogP contribution in [0.3, 0.4) is 0 Å². The molecule has 1 aromatic carbocycles. The van der Waals surface area contributed by atoms with E-state index in [1.165, 1.54) is 18.7 Å². The number of hydrogen-bond donors (Lipinski definition) is 1. The Balaban J connectivity index is 1.93. The molecule has 1 N–H and O–H groups in total. The van der Waals surface area contributed by atoms with E-state index in [1.807, 2.05) is 45.0 Å². The second-order valence-electron chi connectivity index (χ2n) is 7.30. The summed E-state index contributed by atoms with van der Waals surface area (Å²) in [7, 11) is 0. The molecule has 0 amide bonds. The van der Waals surface area contributed by atoms with E-state index in [-0.39, 0.29) is 17.3 Å². The number of nitrogens with one attached hydrogen (secondary N) is 1. The van der Waals surface area contributed by atoms with Crippen LogP contribution in [0.1, 0.15) is 46.8 Å². The second kappa shape index (κ2) is 9.10. The standard InChI is InChI=1S/C24H23N3O2S/c1-14-7-8-18(10-15(14)2)21(29)13-30-24-20(11-25)23(19-6-5-9-26-12-19)22(17(4)28)16(3)27-24/h5-10,12,23,27H,13H2,1-4H3/t23-/m0/s1. The highest BCUT2D eigenvalue weighted by Crippen LogP contribution is 2.40. The number of carbonyl (C=O) groups is 2. The number of dihydropyridines is 1. The Morgan fingerprint density at radius 3 is 2.57 bits per heavy atom. The first kappa shape index (κ1) is 21.5. The van der Waals surface area contributed by atoms with Crippen molar-refractivity contribution in [1.29, 1.82) is 5.26 Å². The summed E-state index contributed by atoms with van der Waals surface area (Å²) in [6, 6.07) is 11.6. The number of Topliss-reactive ketones (excluding diaryl/α,β-unsaturated/α-hetero) is 2. The molecule has 0 bridgehead atoms. The van der Waals surface area contributed by atoms with Crippen LogP contribution in [0.2, 0.25) is 0 Å². The van der Waals surface area contributed by atoms with Gasteiger partial charge in [0.25, 0.3) is 0 Å². The predicted octanol–water partition coefficient (Wildman–Crippen LogP) is 4.60. The van der Waals surface area contributed by atoms with E-state index in [0.29, 0.717) is 27.4 Å². The fourth-order valence-electron chi connectivity index (χ4n) is 3.51. The monoisotopic (exact) mass is 417 g/mol. The Bertz CT molecular complexity index is 1110. The minimum Gasteiger partial charge on any atom is -0.353 e. The van der Waals surface area contributed by atoms with E-state index in [0.717, 1.165) is 16.7 Å². The first-order valence-corrected chi connectivity index (χ1v) is 10.6. The van der Waals surface area contributed by atoms with Crippen LogP contribution in [0.4, 0.5) is 0 Å². The van der Waals surface area contributed by atoms with Crippen LogP contribution in [-0.4, -0.2) is 22.3 Å². The molecular weight excluding hydrogens is 394 g/mol. The highest BCUT2D eigenvalue weighted by Gasteiger charge is 2.33. The molecule has 1 aliphatic rings. The maximum Gasteiger partial charge on any atom is 0.173 e. The molecule has 152 valence electrons. The second-order valence-corrected chi connectivity index (χ2v) is 8.29. The lowest BCUT2D eigenvalue weighted by atomic mass is 9.81. The van der Waals surface area contributed by atoms with Crippen LogP contribution in [0.15, 0.2) is 64.6 Å².